The minimum atomic E-state index is -4.45. The van der Waals surface area contributed by atoms with Crippen LogP contribution in [0.25, 0.3) is 0 Å². The lowest BCUT2D eigenvalue weighted by Gasteiger charge is -2.05. The van der Waals surface area contributed by atoms with E-state index >= 15 is 0 Å². The predicted octanol–water partition coefficient (Wildman–Crippen LogP) is -0.0509. The highest BCUT2D eigenvalue weighted by Gasteiger charge is 2.26. The van der Waals surface area contributed by atoms with Crippen molar-refractivity contribution in [1.29, 1.82) is 0 Å². The Labute approximate surface area is 131 Å². The first-order valence-electron chi connectivity index (χ1n) is 6.20. The highest BCUT2D eigenvalue weighted by Crippen LogP contribution is 2.15. The fourth-order valence-electron chi connectivity index (χ4n) is 1.70. The van der Waals surface area contributed by atoms with E-state index in [0.717, 1.165) is 0 Å². The molecule has 0 bridgehead atoms. The molecule has 1 saturated heterocycles. The highest BCUT2D eigenvalue weighted by atomic mass is 32.2. The van der Waals surface area contributed by atoms with Crippen molar-refractivity contribution >= 4 is 33.8 Å². The van der Waals surface area contributed by atoms with Gasteiger partial charge in [-0.2, -0.15) is 8.42 Å². The lowest BCUT2D eigenvalue weighted by atomic mass is 10.2. The van der Waals surface area contributed by atoms with Gasteiger partial charge in [-0.1, -0.05) is 12.1 Å². The van der Waals surface area contributed by atoms with Gasteiger partial charge in [-0.3, -0.25) is 14.1 Å². The van der Waals surface area contributed by atoms with E-state index in [1.807, 2.05) is 0 Å². The van der Waals surface area contributed by atoms with Crippen LogP contribution < -0.4 is 10.0 Å². The second-order valence-electron chi connectivity index (χ2n) is 4.42. The number of hydrogen-bond acceptors (Lipinski definition) is 5. The SMILES string of the molecule is O=C(O)c1ccccc1NS(=O)(=O)O.O=C1CC[C@H](C(=O)O)N1. The second-order valence-corrected chi connectivity index (χ2v) is 5.58. The molecule has 2 rings (SSSR count). The van der Waals surface area contributed by atoms with E-state index in [4.69, 9.17) is 14.8 Å². The van der Waals surface area contributed by atoms with Crippen molar-refractivity contribution in [2.24, 2.45) is 0 Å². The molecule has 0 saturated carbocycles. The smallest absolute Gasteiger partial charge is 0.357 e. The van der Waals surface area contributed by atoms with Gasteiger partial charge in [-0.25, -0.2) is 9.59 Å². The van der Waals surface area contributed by atoms with Gasteiger partial charge in [0, 0.05) is 6.42 Å². The van der Waals surface area contributed by atoms with Gasteiger partial charge in [-0.05, 0) is 18.6 Å². The van der Waals surface area contributed by atoms with Crippen LogP contribution in [0.1, 0.15) is 23.2 Å². The van der Waals surface area contributed by atoms with Crippen LogP contribution in [0.5, 0.6) is 0 Å². The Morgan fingerprint density at radius 2 is 1.83 bits per heavy atom. The van der Waals surface area contributed by atoms with Crippen molar-refractivity contribution in [1.82, 2.24) is 5.32 Å². The number of nitrogens with one attached hydrogen (secondary N) is 2. The Morgan fingerprint density at radius 3 is 2.22 bits per heavy atom. The maximum Gasteiger partial charge on any atom is 0.357 e. The summed E-state index contributed by atoms with van der Waals surface area (Å²) < 4.78 is 31.0. The number of amides is 1. The Kier molecular flexibility index (Phi) is 6.04. The summed E-state index contributed by atoms with van der Waals surface area (Å²) in [5.41, 5.74) is -0.410. The third kappa shape index (κ3) is 6.32. The molecule has 11 heteroatoms. The molecular formula is C12H14N2O8S. The number of carboxylic acids is 2. The van der Waals surface area contributed by atoms with Gasteiger partial charge in [0.1, 0.15) is 6.04 Å². The Morgan fingerprint density at radius 1 is 1.22 bits per heavy atom. The minimum Gasteiger partial charge on any atom is -0.480 e. The molecule has 0 aromatic heterocycles. The van der Waals surface area contributed by atoms with Crippen LogP contribution >= 0.6 is 0 Å². The first-order chi connectivity index (χ1) is 10.6. The maximum atomic E-state index is 10.6. The fraction of sp³-hybridized carbons (Fsp3) is 0.250. The molecule has 0 spiro atoms. The number of aliphatic carboxylic acids is 1. The fourth-order valence-corrected chi connectivity index (χ4v) is 2.15. The van der Waals surface area contributed by atoms with Crippen molar-refractivity contribution in [2.75, 3.05) is 4.72 Å². The number of anilines is 1. The minimum absolute atomic E-state index is 0.164. The van der Waals surface area contributed by atoms with Gasteiger partial charge < -0.3 is 15.5 Å². The molecule has 10 nitrogen and oxygen atoms in total. The summed E-state index contributed by atoms with van der Waals surface area (Å²) in [6.45, 7) is 0. The zero-order valence-corrected chi connectivity index (χ0v) is 12.4. The van der Waals surface area contributed by atoms with Gasteiger partial charge in [0.05, 0.1) is 11.3 Å². The van der Waals surface area contributed by atoms with Crippen molar-refractivity contribution in [3.8, 4) is 0 Å². The van der Waals surface area contributed by atoms with Gasteiger partial charge in [0.2, 0.25) is 5.91 Å². The summed E-state index contributed by atoms with van der Waals surface area (Å²) >= 11 is 0. The van der Waals surface area contributed by atoms with Crippen molar-refractivity contribution < 1.29 is 37.6 Å². The first-order valence-corrected chi connectivity index (χ1v) is 7.64. The van der Waals surface area contributed by atoms with E-state index in [0.29, 0.717) is 12.8 Å². The molecule has 1 fully saturated rings. The molecule has 1 atom stereocenters. The average Bonchev–Trinajstić information content (AvgIpc) is 2.85. The predicted molar refractivity (Wildman–Crippen MR) is 77.4 cm³/mol. The quantitative estimate of drug-likeness (QED) is 0.472. The Balaban J connectivity index is 0.000000253. The molecule has 0 radical (unpaired) electrons. The molecule has 1 aliphatic heterocycles. The number of carboxylic acid groups (broad SMARTS) is 2. The van der Waals surface area contributed by atoms with Crippen LogP contribution in [-0.2, 0) is 19.9 Å². The summed E-state index contributed by atoms with van der Waals surface area (Å²) in [7, 11) is -4.45. The molecule has 126 valence electrons. The summed E-state index contributed by atoms with van der Waals surface area (Å²) in [6, 6.07) is 4.70. The number of para-hydroxylation sites is 1. The maximum absolute atomic E-state index is 10.6. The Bertz CT molecular complexity index is 716. The van der Waals surface area contributed by atoms with Crippen molar-refractivity contribution in [3.63, 3.8) is 0 Å². The summed E-state index contributed by atoms with van der Waals surface area (Å²) in [4.78, 5) is 31.1. The van der Waals surface area contributed by atoms with Crippen LogP contribution in [0.2, 0.25) is 0 Å². The molecule has 1 amide bonds. The third-order valence-electron chi connectivity index (χ3n) is 2.69. The zero-order valence-electron chi connectivity index (χ0n) is 11.6. The largest absolute Gasteiger partial charge is 0.480 e. The van der Waals surface area contributed by atoms with E-state index in [2.05, 4.69) is 5.32 Å². The van der Waals surface area contributed by atoms with Crippen LogP contribution in [0.3, 0.4) is 0 Å². The molecule has 1 heterocycles. The second kappa shape index (κ2) is 7.56. The van der Waals surface area contributed by atoms with Crippen LogP contribution in [-0.4, -0.2) is 47.1 Å². The Hall–Kier alpha value is -2.66. The van der Waals surface area contributed by atoms with E-state index in [1.54, 1.807) is 4.72 Å². The van der Waals surface area contributed by atoms with Gasteiger partial charge in [0.15, 0.2) is 0 Å². The molecule has 5 N–H and O–H groups in total. The van der Waals surface area contributed by atoms with Crippen molar-refractivity contribution in [3.05, 3.63) is 29.8 Å². The first kappa shape index (κ1) is 18.4. The average molecular weight is 346 g/mol. The van der Waals surface area contributed by atoms with E-state index < -0.39 is 28.3 Å². The number of carbonyl (C=O) groups excluding carboxylic acids is 1. The van der Waals surface area contributed by atoms with Crippen LogP contribution in [0.4, 0.5) is 5.69 Å². The number of rotatable bonds is 4. The van der Waals surface area contributed by atoms with E-state index in [1.165, 1.54) is 24.3 Å². The topological polar surface area (TPSA) is 170 Å². The third-order valence-corrected chi connectivity index (χ3v) is 3.17. The number of benzene rings is 1. The molecule has 1 aromatic carbocycles. The molecule has 1 aliphatic rings. The molecule has 0 aliphatic carbocycles. The summed E-state index contributed by atoms with van der Waals surface area (Å²) in [5.74, 6) is -2.39. The monoisotopic (exact) mass is 346 g/mol. The summed E-state index contributed by atoms with van der Waals surface area (Å²) in [6.07, 6.45) is 0.769. The standard InChI is InChI=1S/C7H7NO5S.C5H7NO3/c9-7(10)5-3-1-2-4-6(5)8-14(11,12)13;7-4-2-1-3(6-4)5(8)9/h1-4,8H,(H,9,10)(H,11,12,13);3H,1-2H2,(H,6,7)(H,8,9)/t;3-/m.1/s1. The molecule has 23 heavy (non-hydrogen) atoms. The highest BCUT2D eigenvalue weighted by molar-refractivity contribution is 7.87. The summed E-state index contributed by atoms with van der Waals surface area (Å²) in [5, 5.41) is 19.3. The zero-order chi connectivity index (χ0) is 17.6. The number of hydrogen-bond donors (Lipinski definition) is 5. The van der Waals surface area contributed by atoms with E-state index in [-0.39, 0.29) is 17.2 Å². The van der Waals surface area contributed by atoms with Crippen LogP contribution in [0, 0.1) is 0 Å². The normalized spacial score (nSPS) is 16.7. The number of carbonyl (C=O) groups is 3. The van der Waals surface area contributed by atoms with Gasteiger partial charge in [-0.15, -0.1) is 0 Å². The molecular weight excluding hydrogens is 332 g/mol. The lowest BCUT2D eigenvalue weighted by Crippen LogP contribution is -2.32. The van der Waals surface area contributed by atoms with E-state index in [9.17, 15) is 22.8 Å². The van der Waals surface area contributed by atoms with Crippen molar-refractivity contribution in [2.45, 2.75) is 18.9 Å². The van der Waals surface area contributed by atoms with Gasteiger partial charge >= 0.3 is 22.2 Å². The van der Waals surface area contributed by atoms with Gasteiger partial charge in [0.25, 0.3) is 0 Å². The molecule has 1 aromatic rings. The lowest BCUT2D eigenvalue weighted by molar-refractivity contribution is -0.140. The molecule has 0 unspecified atom stereocenters. The van der Waals surface area contributed by atoms with Crippen LogP contribution in [0.15, 0.2) is 24.3 Å². The number of aromatic carboxylic acids is 1.